The Bertz CT molecular complexity index is 1220. The minimum Gasteiger partial charge on any atom is -0.496 e. The molecule has 2 heterocycles. The van der Waals surface area contributed by atoms with Crippen molar-refractivity contribution in [3.05, 3.63) is 56.9 Å². The van der Waals surface area contributed by atoms with Crippen LogP contribution < -0.4 is 10.1 Å². The summed E-state index contributed by atoms with van der Waals surface area (Å²) < 4.78 is 6.81. The average molecular weight is 466 g/mol. The van der Waals surface area contributed by atoms with E-state index in [1.165, 1.54) is 24.2 Å². The molecule has 4 rings (SSSR count). The number of amides is 4. The molecule has 0 unspecified atom stereocenters. The van der Waals surface area contributed by atoms with E-state index >= 15 is 0 Å². The number of benzene rings is 1. The highest BCUT2D eigenvalue weighted by atomic mass is 16.6. The number of nitrogens with zero attached hydrogens (tertiary/aromatic N) is 3. The number of hydrogen-bond acceptors (Lipinski definition) is 6. The number of carbonyl (C=O) groups is 3. The molecule has 34 heavy (non-hydrogen) atoms. The van der Waals surface area contributed by atoms with Crippen molar-refractivity contribution in [3.63, 3.8) is 0 Å². The summed E-state index contributed by atoms with van der Waals surface area (Å²) in [5.41, 5.74) is 1.92. The number of aryl methyl sites for hydroxylation is 1. The van der Waals surface area contributed by atoms with E-state index in [4.69, 9.17) is 4.74 Å². The molecule has 1 aliphatic heterocycles. The van der Waals surface area contributed by atoms with Crippen LogP contribution in [0.5, 0.6) is 5.75 Å². The van der Waals surface area contributed by atoms with E-state index in [0.29, 0.717) is 28.4 Å². The molecule has 1 aromatic carbocycles. The standard InChI is InChI=1S/C24H26N4O6/c1-14-11-16(15(2)26(14)20-10-9-18(34-3)13-21(20)28(32)33)12-19-22(29)25-24(31)27(23(19)30)17-7-5-4-6-8-17/h9-13,17H,4-8H2,1-3H3,(H,25,29,31). The van der Waals surface area contributed by atoms with Crippen LogP contribution in [0.2, 0.25) is 0 Å². The summed E-state index contributed by atoms with van der Waals surface area (Å²) in [5, 5.41) is 14.0. The van der Waals surface area contributed by atoms with Gasteiger partial charge < -0.3 is 9.30 Å². The summed E-state index contributed by atoms with van der Waals surface area (Å²) in [6, 6.07) is 5.41. The van der Waals surface area contributed by atoms with Crippen LogP contribution >= 0.6 is 0 Å². The van der Waals surface area contributed by atoms with Crippen LogP contribution in [-0.2, 0) is 9.59 Å². The largest absolute Gasteiger partial charge is 0.496 e. The molecule has 0 spiro atoms. The van der Waals surface area contributed by atoms with Crippen molar-refractivity contribution < 1.29 is 24.0 Å². The Morgan fingerprint density at radius 1 is 1.12 bits per heavy atom. The molecule has 2 aromatic rings. The second-order valence-corrected chi connectivity index (χ2v) is 8.56. The van der Waals surface area contributed by atoms with Gasteiger partial charge in [0.15, 0.2) is 0 Å². The van der Waals surface area contributed by atoms with Gasteiger partial charge in [0, 0.05) is 17.4 Å². The highest BCUT2D eigenvalue weighted by Gasteiger charge is 2.40. The minimum absolute atomic E-state index is 0.130. The number of nitrogens with one attached hydrogen (secondary N) is 1. The zero-order valence-electron chi connectivity index (χ0n) is 19.3. The molecular formula is C24H26N4O6. The molecule has 10 heteroatoms. The molecule has 178 valence electrons. The van der Waals surface area contributed by atoms with E-state index in [0.717, 1.165) is 32.1 Å². The third-order valence-electron chi connectivity index (χ3n) is 6.46. The number of carbonyl (C=O) groups excluding carboxylic acids is 3. The normalized spacial score (nSPS) is 18.4. The van der Waals surface area contributed by atoms with Crippen molar-refractivity contribution in [1.82, 2.24) is 14.8 Å². The number of barbiturate groups is 1. The van der Waals surface area contributed by atoms with Crippen molar-refractivity contribution in [2.24, 2.45) is 0 Å². The summed E-state index contributed by atoms with van der Waals surface area (Å²) in [4.78, 5) is 50.6. The Labute approximate surface area is 196 Å². The SMILES string of the molecule is COc1ccc(-n2c(C)cc(C=C3C(=O)NC(=O)N(C4CCCCC4)C3=O)c2C)c([N+](=O)[O-])c1. The van der Waals surface area contributed by atoms with E-state index in [-0.39, 0.29) is 17.3 Å². The van der Waals surface area contributed by atoms with Gasteiger partial charge in [0.2, 0.25) is 0 Å². The van der Waals surface area contributed by atoms with Gasteiger partial charge in [-0.05, 0) is 56.5 Å². The minimum atomic E-state index is -0.748. The van der Waals surface area contributed by atoms with Crippen LogP contribution in [0.25, 0.3) is 11.8 Å². The van der Waals surface area contributed by atoms with E-state index in [2.05, 4.69) is 5.32 Å². The quantitative estimate of drug-likeness (QED) is 0.309. The maximum absolute atomic E-state index is 13.2. The van der Waals surface area contributed by atoms with Gasteiger partial charge in [-0.1, -0.05) is 19.3 Å². The fraction of sp³-hybridized carbons (Fsp3) is 0.375. The third-order valence-corrected chi connectivity index (χ3v) is 6.46. The first-order valence-corrected chi connectivity index (χ1v) is 11.1. The average Bonchev–Trinajstić information content (AvgIpc) is 3.09. The number of ether oxygens (including phenoxy) is 1. The van der Waals surface area contributed by atoms with Crippen LogP contribution in [0.15, 0.2) is 29.8 Å². The van der Waals surface area contributed by atoms with Crippen molar-refractivity contribution in [2.45, 2.75) is 52.0 Å². The van der Waals surface area contributed by atoms with Crippen molar-refractivity contribution in [1.29, 1.82) is 0 Å². The number of rotatable bonds is 5. The lowest BCUT2D eigenvalue weighted by molar-refractivity contribution is -0.384. The molecule has 1 saturated carbocycles. The third kappa shape index (κ3) is 4.07. The van der Waals surface area contributed by atoms with Crippen LogP contribution in [0.3, 0.4) is 0 Å². The number of nitro groups is 1. The summed E-state index contributed by atoms with van der Waals surface area (Å²) in [6.07, 6.45) is 5.80. The fourth-order valence-electron chi connectivity index (χ4n) is 4.77. The first kappa shape index (κ1) is 23.2. The van der Waals surface area contributed by atoms with Gasteiger partial charge in [0.25, 0.3) is 17.5 Å². The Morgan fingerprint density at radius 2 is 1.82 bits per heavy atom. The summed E-state index contributed by atoms with van der Waals surface area (Å²) in [6.45, 7) is 3.53. The Morgan fingerprint density at radius 3 is 2.47 bits per heavy atom. The number of methoxy groups -OCH3 is 1. The van der Waals surface area contributed by atoms with Gasteiger partial charge in [-0.25, -0.2) is 4.79 Å². The monoisotopic (exact) mass is 466 g/mol. The second kappa shape index (κ2) is 9.12. The molecule has 4 amide bonds. The van der Waals surface area contributed by atoms with Gasteiger partial charge >= 0.3 is 6.03 Å². The van der Waals surface area contributed by atoms with Crippen molar-refractivity contribution in [2.75, 3.05) is 7.11 Å². The molecule has 1 N–H and O–H groups in total. The van der Waals surface area contributed by atoms with Crippen molar-refractivity contribution in [3.8, 4) is 11.4 Å². The lowest BCUT2D eigenvalue weighted by Gasteiger charge is -2.35. The number of urea groups is 1. The maximum Gasteiger partial charge on any atom is 0.331 e. The van der Waals surface area contributed by atoms with Gasteiger partial charge in [-0.2, -0.15) is 0 Å². The lowest BCUT2D eigenvalue weighted by Crippen LogP contribution is -2.58. The molecular weight excluding hydrogens is 440 g/mol. The molecule has 10 nitrogen and oxygen atoms in total. The van der Waals surface area contributed by atoms with E-state index in [9.17, 15) is 24.5 Å². The number of nitro benzene ring substituents is 1. The second-order valence-electron chi connectivity index (χ2n) is 8.56. The van der Waals surface area contributed by atoms with Crippen LogP contribution in [0.4, 0.5) is 10.5 Å². The van der Waals surface area contributed by atoms with E-state index < -0.39 is 22.8 Å². The van der Waals surface area contributed by atoms with Gasteiger partial charge in [0.05, 0.1) is 18.1 Å². The molecule has 1 saturated heterocycles. The topological polar surface area (TPSA) is 124 Å². The molecule has 0 radical (unpaired) electrons. The molecule has 0 bridgehead atoms. The smallest absolute Gasteiger partial charge is 0.331 e. The number of hydrogen-bond donors (Lipinski definition) is 1. The molecule has 1 aromatic heterocycles. The summed E-state index contributed by atoms with van der Waals surface area (Å²) in [5.74, 6) is -1.000. The maximum atomic E-state index is 13.2. The molecule has 2 fully saturated rings. The molecule has 2 aliphatic rings. The first-order chi connectivity index (χ1) is 16.2. The van der Waals surface area contributed by atoms with Crippen LogP contribution in [0.1, 0.15) is 49.1 Å². The first-order valence-electron chi connectivity index (χ1n) is 11.1. The van der Waals surface area contributed by atoms with Gasteiger partial charge in [-0.15, -0.1) is 0 Å². The highest BCUT2D eigenvalue weighted by Crippen LogP contribution is 2.33. The van der Waals surface area contributed by atoms with E-state index in [1.807, 2.05) is 0 Å². The van der Waals surface area contributed by atoms with Gasteiger partial charge in [-0.3, -0.25) is 29.9 Å². The Kier molecular flexibility index (Phi) is 6.23. The summed E-state index contributed by atoms with van der Waals surface area (Å²) in [7, 11) is 1.43. The predicted octanol–water partition coefficient (Wildman–Crippen LogP) is 3.81. The number of aromatic nitrogens is 1. The van der Waals surface area contributed by atoms with Crippen LogP contribution in [0, 0.1) is 24.0 Å². The van der Waals surface area contributed by atoms with Crippen molar-refractivity contribution >= 4 is 29.6 Å². The highest BCUT2D eigenvalue weighted by molar-refractivity contribution is 6.31. The molecule has 1 aliphatic carbocycles. The molecule has 0 atom stereocenters. The number of imide groups is 2. The zero-order chi connectivity index (χ0) is 24.6. The Hall–Kier alpha value is -3.95. The zero-order valence-corrected chi connectivity index (χ0v) is 19.3. The Balaban J connectivity index is 1.75. The van der Waals surface area contributed by atoms with E-state index in [1.54, 1.807) is 36.6 Å². The van der Waals surface area contributed by atoms with Gasteiger partial charge in [0.1, 0.15) is 17.0 Å². The lowest BCUT2D eigenvalue weighted by atomic mass is 9.93. The summed E-state index contributed by atoms with van der Waals surface area (Å²) >= 11 is 0. The predicted molar refractivity (Wildman–Crippen MR) is 124 cm³/mol. The fourth-order valence-corrected chi connectivity index (χ4v) is 4.77. The van der Waals surface area contributed by atoms with Crippen LogP contribution in [-0.4, -0.2) is 45.4 Å².